The van der Waals surface area contributed by atoms with Crippen molar-refractivity contribution >= 4 is 0 Å². The Labute approximate surface area is 173 Å². The topological polar surface area (TPSA) is 3.88 Å². The molecule has 0 N–H and O–H groups in total. The predicted octanol–water partition coefficient (Wildman–Crippen LogP) is 6.43. The van der Waals surface area contributed by atoms with Gasteiger partial charge in [0, 0.05) is 26.8 Å². The van der Waals surface area contributed by atoms with Crippen molar-refractivity contribution in [3.05, 3.63) is 77.0 Å². The van der Waals surface area contributed by atoms with E-state index in [2.05, 4.69) is 0 Å². The maximum Gasteiger partial charge on any atom is 0.212 e. The van der Waals surface area contributed by atoms with Crippen molar-refractivity contribution in [2.75, 3.05) is 0 Å². The number of aromatic nitrogens is 1. The van der Waals surface area contributed by atoms with E-state index in [-0.39, 0.29) is 11.1 Å². The van der Waals surface area contributed by atoms with Crippen molar-refractivity contribution in [2.45, 2.75) is 52.2 Å². The highest BCUT2D eigenvalue weighted by atomic mass is 14.9. The van der Waals surface area contributed by atoms with Gasteiger partial charge < -0.3 is 0 Å². The van der Waals surface area contributed by atoms with Gasteiger partial charge in [-0.15, -0.1) is 0 Å². The minimum Gasteiger partial charge on any atom is -0.201 e. The molecule has 4 rings (SSSR count). The van der Waals surface area contributed by atoms with Gasteiger partial charge in [-0.1, -0.05) is 49.2 Å². The standard InChI is InChI=1S/C26H30N/c1-18-14-19(2)25(15-23(18)21-10-6-5-7-11-21)26-16-24(20(3)17-27(26)4)22-12-8-9-13-22/h5-7,10-11,14-17,22H,8-9,12-13H2,1-4H3/q+1/i1D3,3D3,22D. The first kappa shape index (κ1) is 11.4. The molecule has 0 aliphatic heterocycles. The van der Waals surface area contributed by atoms with Crippen molar-refractivity contribution < 1.29 is 14.2 Å². The lowest BCUT2D eigenvalue weighted by Gasteiger charge is -2.16. The molecule has 1 aromatic heterocycles. The Kier molecular flexibility index (Phi) is 3.10. The summed E-state index contributed by atoms with van der Waals surface area (Å²) >= 11 is 0. The van der Waals surface area contributed by atoms with E-state index in [1.165, 1.54) is 0 Å². The number of pyridine rings is 1. The summed E-state index contributed by atoms with van der Waals surface area (Å²) in [5, 5.41) is 0. The molecule has 1 nitrogen and oxygen atoms in total. The van der Waals surface area contributed by atoms with E-state index in [0.29, 0.717) is 24.0 Å². The summed E-state index contributed by atoms with van der Waals surface area (Å²) in [6.45, 7) is -2.72. The van der Waals surface area contributed by atoms with E-state index >= 15 is 0 Å². The Morgan fingerprint density at radius 1 is 0.926 bits per heavy atom. The van der Waals surface area contributed by atoms with Crippen LogP contribution in [-0.4, -0.2) is 0 Å². The normalized spacial score (nSPS) is 20.6. The smallest absolute Gasteiger partial charge is 0.201 e. The highest BCUT2D eigenvalue weighted by Crippen LogP contribution is 2.37. The average molecular weight is 364 g/mol. The molecule has 0 unspecified atom stereocenters. The first-order valence-corrected chi connectivity index (χ1v) is 9.57. The molecular weight excluding hydrogens is 326 g/mol. The maximum atomic E-state index is 9.08. The van der Waals surface area contributed by atoms with Gasteiger partial charge in [0.05, 0.1) is 0 Å². The highest BCUT2D eigenvalue weighted by Gasteiger charge is 2.24. The van der Waals surface area contributed by atoms with Crippen LogP contribution in [0.5, 0.6) is 0 Å². The van der Waals surface area contributed by atoms with E-state index < -0.39 is 19.6 Å². The fourth-order valence-electron chi connectivity index (χ4n) is 4.12. The van der Waals surface area contributed by atoms with Crippen molar-refractivity contribution in [3.63, 3.8) is 0 Å². The van der Waals surface area contributed by atoms with Crippen LogP contribution in [0, 0.1) is 20.6 Å². The third kappa shape index (κ3) is 3.43. The zero-order chi connectivity index (χ0) is 24.9. The van der Waals surface area contributed by atoms with E-state index in [1.807, 2.05) is 49.4 Å². The lowest BCUT2D eigenvalue weighted by atomic mass is 9.90. The zero-order valence-corrected chi connectivity index (χ0v) is 16.0. The molecule has 0 amide bonds. The van der Waals surface area contributed by atoms with Gasteiger partial charge in [-0.3, -0.25) is 0 Å². The summed E-state index contributed by atoms with van der Waals surface area (Å²) in [7, 11) is 1.80. The summed E-state index contributed by atoms with van der Waals surface area (Å²) in [6.07, 6.45) is 4.71. The number of aryl methyl sites for hydroxylation is 4. The van der Waals surface area contributed by atoms with Crippen LogP contribution in [0.25, 0.3) is 22.4 Å². The lowest BCUT2D eigenvalue weighted by molar-refractivity contribution is -0.660. The Hall–Kier alpha value is -2.41. The van der Waals surface area contributed by atoms with Crippen LogP contribution >= 0.6 is 0 Å². The Balaban J connectivity index is 2.00. The maximum absolute atomic E-state index is 9.08. The van der Waals surface area contributed by atoms with Crippen molar-refractivity contribution in [1.82, 2.24) is 0 Å². The molecule has 1 aliphatic rings. The zero-order valence-electron chi connectivity index (χ0n) is 23.0. The largest absolute Gasteiger partial charge is 0.212 e. The summed E-state index contributed by atoms with van der Waals surface area (Å²) in [5.74, 6) is -0.929. The predicted molar refractivity (Wildman–Crippen MR) is 114 cm³/mol. The van der Waals surface area contributed by atoms with Gasteiger partial charge in [0.25, 0.3) is 0 Å². The molecule has 0 spiro atoms. The van der Waals surface area contributed by atoms with Crippen LogP contribution in [0.3, 0.4) is 0 Å². The average Bonchev–Trinajstić information content (AvgIpc) is 3.20. The second-order valence-electron chi connectivity index (χ2n) is 7.49. The van der Waals surface area contributed by atoms with Crippen LogP contribution in [0.15, 0.2) is 54.7 Å². The highest BCUT2D eigenvalue weighted by molar-refractivity contribution is 5.75. The molecule has 0 radical (unpaired) electrons. The van der Waals surface area contributed by atoms with Gasteiger partial charge in [0.15, 0.2) is 6.20 Å². The van der Waals surface area contributed by atoms with Gasteiger partial charge in [0.2, 0.25) is 5.69 Å². The number of rotatable bonds is 3. The Morgan fingerprint density at radius 3 is 2.37 bits per heavy atom. The van der Waals surface area contributed by atoms with Gasteiger partial charge in [0.1, 0.15) is 7.05 Å². The fraction of sp³-hybridized carbons (Fsp3) is 0.346. The van der Waals surface area contributed by atoms with Crippen LogP contribution < -0.4 is 4.57 Å². The molecule has 1 aliphatic carbocycles. The molecule has 2 aromatic carbocycles. The second kappa shape index (κ2) is 7.31. The molecular formula is C26H30N+. The molecule has 1 saturated carbocycles. The van der Waals surface area contributed by atoms with Crippen LogP contribution in [0.1, 0.15) is 63.4 Å². The molecule has 1 fully saturated rings. The molecule has 0 saturated heterocycles. The SMILES string of the molecule is [2H]C([2H])([2H])c1cc(C)c(-c2cc(C3([2H])CCCC3)c(C([2H])([2H])[2H])c[n+]2C)cc1-c1ccccc1. The number of benzene rings is 2. The number of nitrogens with zero attached hydrogens (tertiary/aromatic N) is 1. The summed E-state index contributed by atoms with van der Waals surface area (Å²) in [5.41, 5.74) is 4.89. The monoisotopic (exact) mass is 363 g/mol. The summed E-state index contributed by atoms with van der Waals surface area (Å²) in [4.78, 5) is 0. The van der Waals surface area contributed by atoms with E-state index in [4.69, 9.17) is 9.60 Å². The Bertz CT molecular complexity index is 1200. The van der Waals surface area contributed by atoms with E-state index in [1.54, 1.807) is 23.9 Å². The third-order valence-corrected chi connectivity index (χ3v) is 5.59. The van der Waals surface area contributed by atoms with Crippen LogP contribution in [0.2, 0.25) is 0 Å². The minimum absolute atomic E-state index is 0.218. The second-order valence-corrected chi connectivity index (χ2v) is 7.49. The van der Waals surface area contributed by atoms with Gasteiger partial charge in [-0.05, 0) is 73.2 Å². The molecule has 3 aromatic rings. The van der Waals surface area contributed by atoms with Crippen molar-refractivity contribution in [3.8, 4) is 22.4 Å². The first-order chi connectivity index (χ1) is 15.8. The quantitative estimate of drug-likeness (QED) is 0.472. The fourth-order valence-corrected chi connectivity index (χ4v) is 4.12. The van der Waals surface area contributed by atoms with Gasteiger partial charge in [-0.25, -0.2) is 4.57 Å². The third-order valence-electron chi connectivity index (χ3n) is 5.59. The lowest BCUT2D eigenvalue weighted by Crippen LogP contribution is -2.32. The van der Waals surface area contributed by atoms with Crippen molar-refractivity contribution in [1.29, 1.82) is 0 Å². The molecule has 0 bridgehead atoms. The van der Waals surface area contributed by atoms with E-state index in [0.717, 1.165) is 35.2 Å². The first-order valence-electron chi connectivity index (χ1n) is 13.1. The number of hydrogen-bond acceptors (Lipinski definition) is 0. The van der Waals surface area contributed by atoms with Crippen LogP contribution in [0.4, 0.5) is 0 Å². The number of hydrogen-bond donors (Lipinski definition) is 0. The molecule has 27 heavy (non-hydrogen) atoms. The molecule has 1 heteroatoms. The summed E-state index contributed by atoms with van der Waals surface area (Å²) in [6, 6.07) is 14.9. The van der Waals surface area contributed by atoms with Crippen LogP contribution in [-0.2, 0) is 7.05 Å². The molecule has 0 atom stereocenters. The van der Waals surface area contributed by atoms with Gasteiger partial charge >= 0.3 is 0 Å². The molecule has 138 valence electrons. The molecule has 1 heterocycles. The summed E-state index contributed by atoms with van der Waals surface area (Å²) < 4.78 is 59.4. The minimum atomic E-state index is -2.32. The Morgan fingerprint density at radius 2 is 1.67 bits per heavy atom. The van der Waals surface area contributed by atoms with Gasteiger partial charge in [-0.2, -0.15) is 0 Å². The van der Waals surface area contributed by atoms with Crippen molar-refractivity contribution in [2.24, 2.45) is 7.05 Å². The van der Waals surface area contributed by atoms with E-state index in [9.17, 15) is 0 Å².